The van der Waals surface area contributed by atoms with Crippen molar-refractivity contribution in [3.05, 3.63) is 12.2 Å². The van der Waals surface area contributed by atoms with Crippen LogP contribution in [0, 0.1) is 0 Å². The van der Waals surface area contributed by atoms with Crippen LogP contribution in [-0.4, -0.2) is 42.0 Å². The van der Waals surface area contributed by atoms with Gasteiger partial charge in [-0.15, -0.1) is 0 Å². The molecule has 0 saturated carbocycles. The molecule has 1 rings (SSSR count). The standard InChI is InChI=1S/C29H55N3O/c1-5-7-8-9-10-11-12-13-14-15-16-17-18-19-20-21-22-23-24-29-30-25-26-32(29,6-2)27(3)31-28(4)33/h5,7,27H,6,8-26H2,1-4H3/p+1/b7-5+. The van der Waals surface area contributed by atoms with Gasteiger partial charge in [-0.3, -0.25) is 9.28 Å². The summed E-state index contributed by atoms with van der Waals surface area (Å²) < 4.78 is 0.857. The summed E-state index contributed by atoms with van der Waals surface area (Å²) in [7, 11) is 0. The number of hydrogen-bond acceptors (Lipinski definition) is 2. The van der Waals surface area contributed by atoms with Gasteiger partial charge in [-0.1, -0.05) is 95.6 Å². The normalized spacial score (nSPS) is 19.2. The second kappa shape index (κ2) is 19.2. The van der Waals surface area contributed by atoms with E-state index in [-0.39, 0.29) is 12.1 Å². The van der Waals surface area contributed by atoms with Gasteiger partial charge in [0.05, 0.1) is 13.1 Å². The first-order valence-corrected chi connectivity index (χ1v) is 14.4. The molecule has 0 bridgehead atoms. The smallest absolute Gasteiger partial charge is 0.221 e. The molecule has 192 valence electrons. The van der Waals surface area contributed by atoms with E-state index in [0.717, 1.165) is 30.5 Å². The molecule has 4 nitrogen and oxygen atoms in total. The number of rotatable bonds is 21. The SMILES string of the molecule is C/C=C/CCCCCCCCCCCCCCCCCC1=NCC[N+]1(CC)C(C)NC(C)=O. The quantitative estimate of drug-likeness (QED) is 0.105. The van der Waals surface area contributed by atoms with Crippen molar-refractivity contribution in [1.82, 2.24) is 5.32 Å². The maximum absolute atomic E-state index is 11.5. The number of carbonyl (C=O) groups is 1. The van der Waals surface area contributed by atoms with Gasteiger partial charge >= 0.3 is 0 Å². The van der Waals surface area contributed by atoms with Crippen LogP contribution in [0.25, 0.3) is 0 Å². The molecule has 1 amide bonds. The zero-order chi connectivity index (χ0) is 24.2. The Balaban J connectivity index is 1.95. The molecule has 0 aromatic carbocycles. The minimum atomic E-state index is 0.0610. The fourth-order valence-corrected chi connectivity index (χ4v) is 5.39. The number of aliphatic imine (C=N–C) groups is 1. The summed E-state index contributed by atoms with van der Waals surface area (Å²) in [6.45, 7) is 11.0. The summed E-state index contributed by atoms with van der Waals surface area (Å²) in [6.07, 6.45) is 27.9. The molecule has 0 aromatic heterocycles. The van der Waals surface area contributed by atoms with E-state index in [1.807, 2.05) is 0 Å². The first-order valence-electron chi connectivity index (χ1n) is 14.4. The number of nitrogens with zero attached hydrogens (tertiary/aromatic N) is 2. The Kier molecular flexibility index (Phi) is 17.4. The van der Waals surface area contributed by atoms with E-state index in [1.165, 1.54) is 109 Å². The maximum Gasteiger partial charge on any atom is 0.221 e. The summed E-state index contributed by atoms with van der Waals surface area (Å²) in [6, 6.07) is 0. The number of hydrogen-bond donors (Lipinski definition) is 1. The Morgan fingerprint density at radius 1 is 0.909 bits per heavy atom. The van der Waals surface area contributed by atoms with E-state index in [4.69, 9.17) is 4.99 Å². The van der Waals surface area contributed by atoms with E-state index in [1.54, 1.807) is 6.92 Å². The third-order valence-corrected chi connectivity index (χ3v) is 7.53. The molecule has 0 aromatic rings. The van der Waals surface area contributed by atoms with Crippen LogP contribution < -0.4 is 5.32 Å². The highest BCUT2D eigenvalue weighted by molar-refractivity contribution is 5.78. The third kappa shape index (κ3) is 12.8. The Morgan fingerprint density at radius 2 is 1.39 bits per heavy atom. The monoisotopic (exact) mass is 462 g/mol. The summed E-state index contributed by atoms with van der Waals surface area (Å²) in [5.74, 6) is 1.37. The number of carbonyl (C=O) groups excluding carboxylic acids is 1. The highest BCUT2D eigenvalue weighted by atomic mass is 16.1. The minimum absolute atomic E-state index is 0.0610. The number of nitrogens with one attached hydrogen (secondary N) is 1. The number of unbranched alkanes of at least 4 members (excludes halogenated alkanes) is 15. The molecule has 0 aliphatic carbocycles. The average Bonchev–Trinajstić information content (AvgIpc) is 3.22. The van der Waals surface area contributed by atoms with Crippen LogP contribution in [0.4, 0.5) is 0 Å². The van der Waals surface area contributed by atoms with Gasteiger partial charge in [0.1, 0.15) is 6.54 Å². The summed E-state index contributed by atoms with van der Waals surface area (Å²) in [4.78, 5) is 16.4. The van der Waals surface area contributed by atoms with Crippen molar-refractivity contribution in [1.29, 1.82) is 0 Å². The van der Waals surface area contributed by atoms with Crippen LogP contribution in [-0.2, 0) is 4.79 Å². The molecule has 1 heterocycles. The Morgan fingerprint density at radius 3 is 1.85 bits per heavy atom. The van der Waals surface area contributed by atoms with Gasteiger partial charge in [0.25, 0.3) is 0 Å². The van der Waals surface area contributed by atoms with Gasteiger partial charge < -0.3 is 5.32 Å². The fraction of sp³-hybridized carbons (Fsp3) is 0.862. The predicted octanol–water partition coefficient (Wildman–Crippen LogP) is 7.93. The first-order chi connectivity index (χ1) is 16.1. The Hall–Kier alpha value is -1.16. The highest BCUT2D eigenvalue weighted by Crippen LogP contribution is 2.23. The number of quaternary nitrogens is 1. The zero-order valence-electron chi connectivity index (χ0n) is 22.7. The van der Waals surface area contributed by atoms with E-state index >= 15 is 0 Å². The van der Waals surface area contributed by atoms with E-state index in [0.29, 0.717) is 0 Å². The van der Waals surface area contributed by atoms with Gasteiger partial charge in [-0.2, -0.15) is 0 Å². The summed E-state index contributed by atoms with van der Waals surface area (Å²) >= 11 is 0. The van der Waals surface area contributed by atoms with Gasteiger partial charge in [-0.25, -0.2) is 4.99 Å². The number of likely N-dealkylation sites (N-methyl/N-ethyl adjacent to an activating group) is 1. The van der Waals surface area contributed by atoms with Crippen LogP contribution in [0.15, 0.2) is 17.1 Å². The number of amidine groups is 1. The number of allylic oxidation sites excluding steroid dienone is 2. The lowest BCUT2D eigenvalue weighted by Crippen LogP contribution is -2.62. The van der Waals surface area contributed by atoms with E-state index < -0.39 is 0 Å². The summed E-state index contributed by atoms with van der Waals surface area (Å²) in [5, 5.41) is 3.12. The second-order valence-corrected chi connectivity index (χ2v) is 10.2. The van der Waals surface area contributed by atoms with Gasteiger partial charge in [0.2, 0.25) is 5.91 Å². The molecule has 1 aliphatic heterocycles. The van der Waals surface area contributed by atoms with E-state index in [9.17, 15) is 4.79 Å². The van der Waals surface area contributed by atoms with Crippen LogP contribution in [0.1, 0.15) is 137 Å². The Bertz CT molecular complexity index is 557. The van der Waals surface area contributed by atoms with Crippen molar-refractivity contribution in [2.45, 2.75) is 143 Å². The fourth-order valence-electron chi connectivity index (χ4n) is 5.39. The molecule has 0 fully saturated rings. The maximum atomic E-state index is 11.5. The second-order valence-electron chi connectivity index (χ2n) is 10.2. The molecule has 0 spiro atoms. The lowest BCUT2D eigenvalue weighted by molar-refractivity contribution is -0.861. The van der Waals surface area contributed by atoms with Crippen LogP contribution in [0.2, 0.25) is 0 Å². The summed E-state index contributed by atoms with van der Waals surface area (Å²) in [5.41, 5.74) is 0. The van der Waals surface area contributed by atoms with Crippen molar-refractivity contribution in [2.75, 3.05) is 19.6 Å². The molecule has 1 aliphatic rings. The van der Waals surface area contributed by atoms with Crippen molar-refractivity contribution in [3.63, 3.8) is 0 Å². The minimum Gasteiger partial charge on any atom is -0.307 e. The molecular weight excluding hydrogens is 406 g/mol. The first kappa shape index (κ1) is 29.9. The molecule has 1 N–H and O–H groups in total. The van der Waals surface area contributed by atoms with Crippen LogP contribution in [0.3, 0.4) is 0 Å². The van der Waals surface area contributed by atoms with Crippen LogP contribution in [0.5, 0.6) is 0 Å². The van der Waals surface area contributed by atoms with Crippen molar-refractivity contribution in [3.8, 4) is 0 Å². The molecule has 0 radical (unpaired) electrons. The number of amides is 1. The van der Waals surface area contributed by atoms with E-state index in [2.05, 4.69) is 38.2 Å². The van der Waals surface area contributed by atoms with Crippen molar-refractivity contribution in [2.24, 2.45) is 4.99 Å². The lowest BCUT2D eigenvalue weighted by Gasteiger charge is -2.39. The molecule has 4 heteroatoms. The molecular formula is C29H56N3O+. The zero-order valence-corrected chi connectivity index (χ0v) is 22.7. The average molecular weight is 463 g/mol. The van der Waals surface area contributed by atoms with Crippen molar-refractivity contribution >= 4 is 11.7 Å². The third-order valence-electron chi connectivity index (χ3n) is 7.53. The van der Waals surface area contributed by atoms with Gasteiger partial charge in [-0.05, 0) is 33.1 Å². The van der Waals surface area contributed by atoms with Gasteiger partial charge in [0, 0.05) is 20.3 Å². The molecule has 33 heavy (non-hydrogen) atoms. The lowest BCUT2D eigenvalue weighted by atomic mass is 10.0. The predicted molar refractivity (Wildman–Crippen MR) is 145 cm³/mol. The van der Waals surface area contributed by atoms with Crippen LogP contribution >= 0.6 is 0 Å². The molecule has 2 atom stereocenters. The largest absolute Gasteiger partial charge is 0.307 e. The highest BCUT2D eigenvalue weighted by Gasteiger charge is 2.41. The van der Waals surface area contributed by atoms with Crippen molar-refractivity contribution < 1.29 is 9.28 Å². The van der Waals surface area contributed by atoms with Gasteiger partial charge in [0.15, 0.2) is 12.0 Å². The topological polar surface area (TPSA) is 41.5 Å². The Labute approximate surface area is 206 Å². The molecule has 2 unspecified atom stereocenters. The molecule has 0 saturated heterocycles.